The quantitative estimate of drug-likeness (QED) is 0.603. The Morgan fingerprint density at radius 2 is 1.88 bits per heavy atom. The largest absolute Gasteiger partial charge is 0.436 e. The lowest BCUT2D eigenvalue weighted by atomic mass is 10.2. The number of hydrogen-bond donors (Lipinski definition) is 1. The minimum Gasteiger partial charge on any atom is -0.436 e. The van der Waals surface area contributed by atoms with Crippen LogP contribution in [0.15, 0.2) is 71.4 Å². The fourth-order valence-electron chi connectivity index (χ4n) is 2.61. The Morgan fingerprint density at radius 3 is 2.60 bits per heavy atom. The Bertz CT molecular complexity index is 1040. The van der Waals surface area contributed by atoms with Gasteiger partial charge in [-0.05, 0) is 55.0 Å². The molecule has 2 aromatic heterocycles. The van der Waals surface area contributed by atoms with Gasteiger partial charge < -0.3 is 9.73 Å². The first kappa shape index (κ1) is 15.1. The molecule has 2 aromatic carbocycles. The van der Waals surface area contributed by atoms with Crippen molar-refractivity contribution in [2.75, 3.05) is 5.32 Å². The lowest BCUT2D eigenvalue weighted by Gasteiger charge is -2.05. The molecule has 0 saturated carbocycles. The van der Waals surface area contributed by atoms with E-state index in [4.69, 9.17) is 4.42 Å². The highest BCUT2D eigenvalue weighted by Crippen LogP contribution is 2.27. The van der Waals surface area contributed by atoms with Crippen molar-refractivity contribution in [2.45, 2.75) is 6.92 Å². The van der Waals surface area contributed by atoms with E-state index in [1.165, 1.54) is 6.20 Å². The minimum atomic E-state index is -0.196. The summed E-state index contributed by atoms with van der Waals surface area (Å²) in [4.78, 5) is 20.6. The topological polar surface area (TPSA) is 68.0 Å². The second kappa shape index (κ2) is 6.20. The van der Waals surface area contributed by atoms with Crippen LogP contribution in [0.2, 0.25) is 0 Å². The highest BCUT2D eigenvalue weighted by atomic mass is 16.3. The number of aromatic nitrogens is 2. The van der Waals surface area contributed by atoms with Crippen molar-refractivity contribution in [3.05, 3.63) is 78.1 Å². The molecule has 0 atom stereocenters. The van der Waals surface area contributed by atoms with Gasteiger partial charge in [0, 0.05) is 23.6 Å². The molecule has 0 aliphatic carbocycles. The summed E-state index contributed by atoms with van der Waals surface area (Å²) in [5.41, 5.74) is 4.76. The first-order valence-electron chi connectivity index (χ1n) is 7.89. The standard InChI is InChI=1S/C20H15N3O2/c1-13-4-2-6-17-18(13)25-20(23-17)14-7-9-16(10-8-14)22-19(24)15-5-3-11-21-12-15/h2-12H,1H3,(H,22,24). The zero-order valence-electron chi connectivity index (χ0n) is 13.6. The van der Waals surface area contributed by atoms with E-state index in [2.05, 4.69) is 15.3 Å². The number of anilines is 1. The summed E-state index contributed by atoms with van der Waals surface area (Å²) in [7, 11) is 0. The fourth-order valence-corrected chi connectivity index (χ4v) is 2.61. The van der Waals surface area contributed by atoms with Crippen molar-refractivity contribution in [1.82, 2.24) is 9.97 Å². The normalized spacial score (nSPS) is 10.8. The molecule has 4 rings (SSSR count). The molecule has 0 aliphatic rings. The number of aryl methyl sites for hydroxylation is 1. The number of para-hydroxylation sites is 1. The smallest absolute Gasteiger partial charge is 0.257 e. The van der Waals surface area contributed by atoms with Crippen LogP contribution >= 0.6 is 0 Å². The Morgan fingerprint density at radius 1 is 1.04 bits per heavy atom. The Balaban J connectivity index is 1.57. The van der Waals surface area contributed by atoms with Crippen molar-refractivity contribution >= 4 is 22.7 Å². The molecule has 122 valence electrons. The van der Waals surface area contributed by atoms with Crippen LogP contribution in [-0.4, -0.2) is 15.9 Å². The molecule has 0 fully saturated rings. The van der Waals surface area contributed by atoms with E-state index >= 15 is 0 Å². The molecule has 0 saturated heterocycles. The lowest BCUT2D eigenvalue weighted by molar-refractivity contribution is 0.102. The number of pyridine rings is 1. The molecule has 2 heterocycles. The maximum absolute atomic E-state index is 12.1. The summed E-state index contributed by atoms with van der Waals surface area (Å²) < 4.78 is 5.87. The van der Waals surface area contributed by atoms with Gasteiger partial charge in [0.05, 0.1) is 5.56 Å². The molecular formula is C20H15N3O2. The molecule has 0 radical (unpaired) electrons. The van der Waals surface area contributed by atoms with Crippen LogP contribution in [0.5, 0.6) is 0 Å². The molecule has 0 spiro atoms. The van der Waals surface area contributed by atoms with E-state index in [0.717, 1.165) is 22.2 Å². The number of fused-ring (bicyclic) bond motifs is 1. The fraction of sp³-hybridized carbons (Fsp3) is 0.0500. The minimum absolute atomic E-state index is 0.196. The SMILES string of the molecule is Cc1cccc2nc(-c3ccc(NC(=O)c4cccnc4)cc3)oc12. The maximum atomic E-state index is 12.1. The average Bonchev–Trinajstić information content (AvgIpc) is 3.09. The van der Waals surface area contributed by atoms with E-state index in [1.54, 1.807) is 18.3 Å². The highest BCUT2D eigenvalue weighted by molar-refractivity contribution is 6.04. The third-order valence-electron chi connectivity index (χ3n) is 3.93. The van der Waals surface area contributed by atoms with E-state index in [1.807, 2.05) is 49.4 Å². The number of benzene rings is 2. The van der Waals surface area contributed by atoms with Crippen LogP contribution < -0.4 is 5.32 Å². The Hall–Kier alpha value is -3.47. The van der Waals surface area contributed by atoms with Gasteiger partial charge in [-0.25, -0.2) is 4.98 Å². The van der Waals surface area contributed by atoms with Crippen LogP contribution in [-0.2, 0) is 0 Å². The van der Waals surface area contributed by atoms with Gasteiger partial charge >= 0.3 is 0 Å². The number of amides is 1. The second-order valence-corrected chi connectivity index (χ2v) is 5.72. The summed E-state index contributed by atoms with van der Waals surface area (Å²) in [5, 5.41) is 2.84. The van der Waals surface area contributed by atoms with Gasteiger partial charge in [0.15, 0.2) is 5.58 Å². The van der Waals surface area contributed by atoms with Crippen LogP contribution in [0.3, 0.4) is 0 Å². The van der Waals surface area contributed by atoms with Gasteiger partial charge in [0.1, 0.15) is 5.52 Å². The number of carbonyl (C=O) groups excluding carboxylic acids is 1. The first-order chi connectivity index (χ1) is 12.2. The maximum Gasteiger partial charge on any atom is 0.257 e. The van der Waals surface area contributed by atoms with E-state index in [0.29, 0.717) is 17.1 Å². The highest BCUT2D eigenvalue weighted by Gasteiger charge is 2.10. The zero-order chi connectivity index (χ0) is 17.2. The molecule has 5 heteroatoms. The number of rotatable bonds is 3. The van der Waals surface area contributed by atoms with E-state index in [9.17, 15) is 4.79 Å². The van der Waals surface area contributed by atoms with Crippen LogP contribution in [0.25, 0.3) is 22.6 Å². The Kier molecular flexibility index (Phi) is 3.74. The summed E-state index contributed by atoms with van der Waals surface area (Å²) >= 11 is 0. The molecule has 5 nitrogen and oxygen atoms in total. The predicted octanol–water partition coefficient (Wildman–Crippen LogP) is 4.45. The van der Waals surface area contributed by atoms with Crippen molar-refractivity contribution in [2.24, 2.45) is 0 Å². The number of carbonyl (C=O) groups is 1. The monoisotopic (exact) mass is 329 g/mol. The summed E-state index contributed by atoms with van der Waals surface area (Å²) in [6.07, 6.45) is 3.16. The van der Waals surface area contributed by atoms with Crippen molar-refractivity contribution < 1.29 is 9.21 Å². The van der Waals surface area contributed by atoms with E-state index < -0.39 is 0 Å². The number of nitrogens with zero attached hydrogens (tertiary/aromatic N) is 2. The van der Waals surface area contributed by atoms with Gasteiger partial charge in [0.2, 0.25) is 5.89 Å². The molecule has 0 aliphatic heterocycles. The molecule has 25 heavy (non-hydrogen) atoms. The third-order valence-corrected chi connectivity index (χ3v) is 3.93. The second-order valence-electron chi connectivity index (χ2n) is 5.72. The van der Waals surface area contributed by atoms with Crippen LogP contribution in [0.4, 0.5) is 5.69 Å². The number of nitrogens with one attached hydrogen (secondary N) is 1. The van der Waals surface area contributed by atoms with Gasteiger partial charge in [-0.2, -0.15) is 0 Å². The molecule has 4 aromatic rings. The lowest BCUT2D eigenvalue weighted by Crippen LogP contribution is -2.11. The Labute approximate surface area is 144 Å². The van der Waals surface area contributed by atoms with Gasteiger partial charge in [-0.3, -0.25) is 9.78 Å². The number of hydrogen-bond acceptors (Lipinski definition) is 4. The molecule has 1 amide bonds. The molecule has 0 unspecified atom stereocenters. The van der Waals surface area contributed by atoms with Crippen LogP contribution in [0.1, 0.15) is 15.9 Å². The van der Waals surface area contributed by atoms with Gasteiger partial charge in [0.25, 0.3) is 5.91 Å². The van der Waals surface area contributed by atoms with Crippen molar-refractivity contribution in [3.63, 3.8) is 0 Å². The summed E-state index contributed by atoms with van der Waals surface area (Å²) in [6.45, 7) is 1.99. The third kappa shape index (κ3) is 2.99. The molecule has 0 bridgehead atoms. The van der Waals surface area contributed by atoms with Crippen molar-refractivity contribution in [1.29, 1.82) is 0 Å². The average molecular weight is 329 g/mol. The zero-order valence-corrected chi connectivity index (χ0v) is 13.6. The van der Waals surface area contributed by atoms with E-state index in [-0.39, 0.29) is 5.91 Å². The number of oxazole rings is 1. The van der Waals surface area contributed by atoms with Gasteiger partial charge in [-0.1, -0.05) is 12.1 Å². The molecule has 1 N–H and O–H groups in total. The summed E-state index contributed by atoms with van der Waals surface area (Å²) in [5.74, 6) is 0.368. The van der Waals surface area contributed by atoms with Crippen LogP contribution in [0, 0.1) is 6.92 Å². The predicted molar refractivity (Wildman–Crippen MR) is 96.4 cm³/mol. The summed E-state index contributed by atoms with van der Waals surface area (Å²) in [6, 6.07) is 16.7. The van der Waals surface area contributed by atoms with Crippen molar-refractivity contribution in [3.8, 4) is 11.5 Å². The van der Waals surface area contributed by atoms with Gasteiger partial charge in [-0.15, -0.1) is 0 Å². The molecular weight excluding hydrogens is 314 g/mol. The first-order valence-corrected chi connectivity index (χ1v) is 7.89.